The monoisotopic (exact) mass is 385 g/mol. The molecular weight excluding hydrogens is 358 g/mol. The standard InChI is InChI=1S/C21H27N3O4/c1-13-9-17(19(28-5)10-14(13)2)22-20(26)21(27)23-18(12-25)15-7-6-8-16(11-15)24(3)4/h6-11,18,25H,12H2,1-5H3,(H,22,26)(H,23,27)/t18-/m0/s1. The van der Waals surface area contributed by atoms with Crippen LogP contribution in [0.4, 0.5) is 11.4 Å². The molecular formula is C21H27N3O4. The number of carbonyl (C=O) groups excluding carboxylic acids is 2. The number of benzene rings is 2. The highest BCUT2D eigenvalue weighted by atomic mass is 16.5. The van der Waals surface area contributed by atoms with E-state index in [1.54, 1.807) is 18.2 Å². The number of aliphatic hydroxyl groups excluding tert-OH is 1. The third kappa shape index (κ3) is 5.01. The first-order chi connectivity index (χ1) is 13.3. The van der Waals surface area contributed by atoms with Gasteiger partial charge in [-0.25, -0.2) is 0 Å². The molecule has 7 heteroatoms. The van der Waals surface area contributed by atoms with Crippen LogP contribution in [0.5, 0.6) is 5.75 Å². The second-order valence-corrected chi connectivity index (χ2v) is 6.79. The zero-order valence-electron chi connectivity index (χ0n) is 16.9. The fourth-order valence-corrected chi connectivity index (χ4v) is 2.71. The molecule has 7 nitrogen and oxygen atoms in total. The molecule has 1 atom stereocenters. The Morgan fingerprint density at radius 1 is 1.11 bits per heavy atom. The van der Waals surface area contributed by atoms with Gasteiger partial charge in [0.2, 0.25) is 0 Å². The molecule has 0 spiro atoms. The number of methoxy groups -OCH3 is 1. The van der Waals surface area contributed by atoms with Crippen molar-refractivity contribution in [2.24, 2.45) is 0 Å². The Hall–Kier alpha value is -3.06. The lowest BCUT2D eigenvalue weighted by Crippen LogP contribution is -2.39. The van der Waals surface area contributed by atoms with Crippen molar-refractivity contribution in [1.82, 2.24) is 5.32 Å². The van der Waals surface area contributed by atoms with Gasteiger partial charge in [-0.2, -0.15) is 0 Å². The van der Waals surface area contributed by atoms with E-state index in [1.807, 2.05) is 51.0 Å². The fraction of sp³-hybridized carbons (Fsp3) is 0.333. The van der Waals surface area contributed by atoms with Gasteiger partial charge in [-0.3, -0.25) is 9.59 Å². The van der Waals surface area contributed by atoms with Crippen molar-refractivity contribution in [3.8, 4) is 5.75 Å². The normalized spacial score (nSPS) is 11.5. The maximum atomic E-state index is 12.4. The van der Waals surface area contributed by atoms with Gasteiger partial charge in [0.25, 0.3) is 0 Å². The number of ether oxygens (including phenoxy) is 1. The molecule has 3 N–H and O–H groups in total. The Labute approximate surface area is 165 Å². The van der Waals surface area contributed by atoms with E-state index in [0.29, 0.717) is 17.0 Å². The van der Waals surface area contributed by atoms with Crippen LogP contribution in [0.3, 0.4) is 0 Å². The molecule has 28 heavy (non-hydrogen) atoms. The molecule has 0 fully saturated rings. The van der Waals surface area contributed by atoms with Gasteiger partial charge >= 0.3 is 11.8 Å². The van der Waals surface area contributed by atoms with E-state index in [4.69, 9.17) is 4.74 Å². The summed E-state index contributed by atoms with van der Waals surface area (Å²) in [6.07, 6.45) is 0. The van der Waals surface area contributed by atoms with E-state index >= 15 is 0 Å². The summed E-state index contributed by atoms with van der Waals surface area (Å²) in [4.78, 5) is 26.7. The van der Waals surface area contributed by atoms with Crippen molar-refractivity contribution in [3.05, 3.63) is 53.1 Å². The predicted octanol–water partition coefficient (Wildman–Crippen LogP) is 2.17. The van der Waals surface area contributed by atoms with Crippen LogP contribution in [-0.4, -0.2) is 44.7 Å². The molecule has 0 radical (unpaired) electrons. The van der Waals surface area contributed by atoms with Gasteiger partial charge in [-0.15, -0.1) is 0 Å². The Morgan fingerprint density at radius 3 is 2.39 bits per heavy atom. The van der Waals surface area contributed by atoms with Crippen molar-refractivity contribution in [3.63, 3.8) is 0 Å². The first-order valence-corrected chi connectivity index (χ1v) is 8.92. The summed E-state index contributed by atoms with van der Waals surface area (Å²) < 4.78 is 5.28. The highest BCUT2D eigenvalue weighted by Crippen LogP contribution is 2.28. The van der Waals surface area contributed by atoms with E-state index in [0.717, 1.165) is 16.8 Å². The van der Waals surface area contributed by atoms with E-state index < -0.39 is 17.9 Å². The van der Waals surface area contributed by atoms with Gasteiger partial charge in [0.1, 0.15) is 5.75 Å². The van der Waals surface area contributed by atoms with Crippen LogP contribution < -0.4 is 20.3 Å². The number of nitrogens with one attached hydrogen (secondary N) is 2. The van der Waals surface area contributed by atoms with Gasteiger partial charge in [0, 0.05) is 19.8 Å². The fourth-order valence-electron chi connectivity index (χ4n) is 2.71. The maximum Gasteiger partial charge on any atom is 0.313 e. The average molecular weight is 385 g/mol. The van der Waals surface area contributed by atoms with Crippen LogP contribution in [0.15, 0.2) is 36.4 Å². The summed E-state index contributed by atoms with van der Waals surface area (Å²) >= 11 is 0. The minimum Gasteiger partial charge on any atom is -0.495 e. The van der Waals surface area contributed by atoms with E-state index in [1.165, 1.54) is 7.11 Å². The number of amides is 2. The Balaban J connectivity index is 2.14. The number of hydrogen-bond acceptors (Lipinski definition) is 5. The second kappa shape index (κ2) is 9.23. The summed E-state index contributed by atoms with van der Waals surface area (Å²) in [5.41, 5.74) is 4.03. The van der Waals surface area contributed by atoms with Crippen molar-refractivity contribution >= 4 is 23.2 Å². The smallest absolute Gasteiger partial charge is 0.313 e. The van der Waals surface area contributed by atoms with Crippen LogP contribution in [0.1, 0.15) is 22.7 Å². The van der Waals surface area contributed by atoms with Crippen molar-refractivity contribution in [2.75, 3.05) is 38.0 Å². The van der Waals surface area contributed by atoms with Crippen molar-refractivity contribution in [2.45, 2.75) is 19.9 Å². The largest absolute Gasteiger partial charge is 0.495 e. The lowest BCUT2D eigenvalue weighted by Gasteiger charge is -2.20. The van der Waals surface area contributed by atoms with Crippen molar-refractivity contribution in [1.29, 1.82) is 0 Å². The first kappa shape index (κ1) is 21.2. The van der Waals surface area contributed by atoms with Crippen LogP contribution >= 0.6 is 0 Å². The molecule has 0 aromatic heterocycles. The SMILES string of the molecule is COc1cc(C)c(C)cc1NC(=O)C(=O)N[C@@H](CO)c1cccc(N(C)C)c1. The molecule has 0 saturated heterocycles. The molecule has 0 unspecified atom stereocenters. The lowest BCUT2D eigenvalue weighted by atomic mass is 10.1. The van der Waals surface area contributed by atoms with Crippen molar-refractivity contribution < 1.29 is 19.4 Å². The Kier molecular flexibility index (Phi) is 7.00. The lowest BCUT2D eigenvalue weighted by molar-refractivity contribution is -0.136. The number of carbonyl (C=O) groups is 2. The summed E-state index contributed by atoms with van der Waals surface area (Å²) in [5, 5.41) is 14.8. The number of aryl methyl sites for hydroxylation is 2. The topological polar surface area (TPSA) is 90.9 Å². The molecule has 0 heterocycles. The molecule has 2 aromatic rings. The Bertz CT molecular complexity index is 865. The van der Waals surface area contributed by atoms with Crippen LogP contribution in [0.2, 0.25) is 0 Å². The predicted molar refractivity (Wildman–Crippen MR) is 110 cm³/mol. The minimum absolute atomic E-state index is 0.330. The van der Waals surface area contributed by atoms with E-state index in [-0.39, 0.29) is 6.61 Å². The van der Waals surface area contributed by atoms with Gasteiger partial charge < -0.3 is 25.4 Å². The minimum atomic E-state index is -0.838. The highest BCUT2D eigenvalue weighted by molar-refractivity contribution is 6.39. The zero-order chi connectivity index (χ0) is 20.8. The van der Waals surface area contributed by atoms with Crippen LogP contribution in [-0.2, 0) is 9.59 Å². The molecule has 150 valence electrons. The zero-order valence-corrected chi connectivity index (χ0v) is 16.9. The number of nitrogens with zero attached hydrogens (tertiary/aromatic N) is 1. The van der Waals surface area contributed by atoms with Crippen LogP contribution in [0.25, 0.3) is 0 Å². The van der Waals surface area contributed by atoms with Gasteiger partial charge in [-0.1, -0.05) is 12.1 Å². The van der Waals surface area contributed by atoms with Gasteiger partial charge in [0.15, 0.2) is 0 Å². The van der Waals surface area contributed by atoms with Gasteiger partial charge in [-0.05, 0) is 54.8 Å². The van der Waals surface area contributed by atoms with E-state index in [9.17, 15) is 14.7 Å². The van der Waals surface area contributed by atoms with Crippen LogP contribution in [0, 0.1) is 13.8 Å². The summed E-state index contributed by atoms with van der Waals surface area (Å²) in [6, 6.07) is 10.2. The molecule has 2 aromatic carbocycles. The van der Waals surface area contributed by atoms with E-state index in [2.05, 4.69) is 10.6 Å². The van der Waals surface area contributed by atoms with Gasteiger partial charge in [0.05, 0.1) is 25.4 Å². The number of anilines is 2. The molecule has 0 saturated carbocycles. The number of hydrogen-bond donors (Lipinski definition) is 3. The number of aliphatic hydroxyl groups is 1. The quantitative estimate of drug-likeness (QED) is 0.663. The first-order valence-electron chi connectivity index (χ1n) is 8.92. The molecule has 0 aliphatic carbocycles. The second-order valence-electron chi connectivity index (χ2n) is 6.79. The molecule has 2 rings (SSSR count). The maximum absolute atomic E-state index is 12.4. The third-order valence-electron chi connectivity index (χ3n) is 4.55. The molecule has 2 amide bonds. The molecule has 0 aliphatic heterocycles. The highest BCUT2D eigenvalue weighted by Gasteiger charge is 2.21. The third-order valence-corrected chi connectivity index (χ3v) is 4.55. The summed E-state index contributed by atoms with van der Waals surface area (Å²) in [6.45, 7) is 3.51. The summed E-state index contributed by atoms with van der Waals surface area (Å²) in [7, 11) is 5.30. The molecule has 0 aliphatic rings. The number of rotatable bonds is 6. The Morgan fingerprint density at radius 2 is 1.79 bits per heavy atom. The molecule has 0 bridgehead atoms. The summed E-state index contributed by atoms with van der Waals surface area (Å²) in [5.74, 6) is -1.19. The average Bonchev–Trinajstić information content (AvgIpc) is 2.68.